The summed E-state index contributed by atoms with van der Waals surface area (Å²) in [5, 5.41) is 0.352. The van der Waals surface area contributed by atoms with Crippen molar-refractivity contribution in [1.29, 1.82) is 0 Å². The van der Waals surface area contributed by atoms with Crippen molar-refractivity contribution < 1.29 is 23.1 Å². The molecule has 0 spiro atoms. The van der Waals surface area contributed by atoms with Crippen LogP contribution in [-0.2, 0) is 16.1 Å². The van der Waals surface area contributed by atoms with E-state index in [2.05, 4.69) is 0 Å². The second-order valence-corrected chi connectivity index (χ2v) is 6.00. The fourth-order valence-electron chi connectivity index (χ4n) is 2.74. The maximum Gasteiger partial charge on any atom is 0.344 e. The number of ether oxygens (including phenoxy) is 2. The Kier molecular flexibility index (Phi) is 4.93. The van der Waals surface area contributed by atoms with Crippen molar-refractivity contribution >= 4 is 16.9 Å². The third-order valence-electron chi connectivity index (χ3n) is 4.08. The van der Waals surface area contributed by atoms with Gasteiger partial charge in [0.05, 0.1) is 11.6 Å². The van der Waals surface area contributed by atoms with Gasteiger partial charge in [-0.1, -0.05) is 42.5 Å². The van der Waals surface area contributed by atoms with Crippen molar-refractivity contribution in [3.05, 3.63) is 88.8 Å². The predicted octanol–water partition coefficient (Wildman–Crippen LogP) is 4.18. The minimum Gasteiger partial charge on any atom is -0.474 e. The molecule has 0 aliphatic heterocycles. The monoisotopic (exact) mass is 376 g/mol. The van der Waals surface area contributed by atoms with Gasteiger partial charge in [0.2, 0.25) is 16.9 Å². The molecule has 2 heterocycles. The van der Waals surface area contributed by atoms with Crippen LogP contribution in [0.1, 0.15) is 5.56 Å². The summed E-state index contributed by atoms with van der Waals surface area (Å²) in [6, 6.07) is 19.4. The van der Waals surface area contributed by atoms with E-state index in [9.17, 15) is 9.59 Å². The summed E-state index contributed by atoms with van der Waals surface area (Å²) in [7, 11) is 0. The van der Waals surface area contributed by atoms with E-state index in [-0.39, 0.29) is 23.5 Å². The molecule has 0 bridgehead atoms. The van der Waals surface area contributed by atoms with Crippen LogP contribution in [0.25, 0.3) is 22.5 Å². The summed E-state index contributed by atoms with van der Waals surface area (Å²) >= 11 is 0. The lowest BCUT2D eigenvalue weighted by molar-refractivity contribution is -0.147. The Hall–Kier alpha value is -3.80. The van der Waals surface area contributed by atoms with Crippen LogP contribution < -0.4 is 10.2 Å². The minimum atomic E-state index is -0.596. The van der Waals surface area contributed by atoms with Gasteiger partial charge in [-0.15, -0.1) is 0 Å². The molecule has 0 radical (unpaired) electrons. The number of hydrogen-bond donors (Lipinski definition) is 0. The molecule has 0 fully saturated rings. The minimum absolute atomic E-state index is 0.0923. The van der Waals surface area contributed by atoms with Crippen LogP contribution in [-0.4, -0.2) is 12.6 Å². The molecule has 0 unspecified atom stereocenters. The standard InChI is InChI=1S/C22H16O6/c23-19(26-13-15-7-2-1-3-8-15)14-27-22-20(24)16-9-4-5-10-17(16)28-21(22)18-11-6-12-25-18/h1-12H,13-14H2. The highest BCUT2D eigenvalue weighted by atomic mass is 16.6. The molecule has 0 saturated carbocycles. The molecule has 0 N–H and O–H groups in total. The van der Waals surface area contributed by atoms with Gasteiger partial charge in [-0.25, -0.2) is 4.79 Å². The number of fused-ring (bicyclic) bond motifs is 1. The molecule has 4 aromatic rings. The van der Waals surface area contributed by atoms with Crippen molar-refractivity contribution in [2.24, 2.45) is 0 Å². The first-order valence-corrected chi connectivity index (χ1v) is 8.64. The fraction of sp³-hybridized carbons (Fsp3) is 0.0909. The average Bonchev–Trinajstić information content (AvgIpc) is 3.27. The van der Waals surface area contributed by atoms with E-state index in [0.29, 0.717) is 16.7 Å². The van der Waals surface area contributed by atoms with Crippen molar-refractivity contribution in [1.82, 2.24) is 0 Å². The number of rotatable bonds is 6. The number of para-hydroxylation sites is 1. The van der Waals surface area contributed by atoms with Gasteiger partial charge < -0.3 is 18.3 Å². The second kappa shape index (κ2) is 7.84. The zero-order chi connectivity index (χ0) is 19.3. The van der Waals surface area contributed by atoms with Gasteiger partial charge in [-0.05, 0) is 29.8 Å². The number of carbonyl (C=O) groups excluding carboxylic acids is 1. The van der Waals surface area contributed by atoms with Crippen LogP contribution in [0, 0.1) is 0 Å². The third kappa shape index (κ3) is 3.66. The molecule has 140 valence electrons. The summed E-state index contributed by atoms with van der Waals surface area (Å²) in [6.07, 6.45) is 1.46. The summed E-state index contributed by atoms with van der Waals surface area (Å²) in [6.45, 7) is -0.302. The van der Waals surface area contributed by atoms with E-state index in [4.69, 9.17) is 18.3 Å². The second-order valence-electron chi connectivity index (χ2n) is 6.00. The molecular formula is C22H16O6. The van der Waals surface area contributed by atoms with Crippen LogP contribution >= 0.6 is 0 Å². The number of esters is 1. The highest BCUT2D eigenvalue weighted by molar-refractivity contribution is 5.81. The number of benzene rings is 2. The van der Waals surface area contributed by atoms with Gasteiger partial charge in [-0.2, -0.15) is 0 Å². The molecule has 6 heteroatoms. The van der Waals surface area contributed by atoms with Crippen LogP contribution in [0.2, 0.25) is 0 Å². The molecule has 0 aliphatic rings. The summed E-state index contributed by atoms with van der Waals surface area (Å²) in [5.74, 6) is -0.229. The molecule has 0 aliphatic carbocycles. The smallest absolute Gasteiger partial charge is 0.344 e. The van der Waals surface area contributed by atoms with Gasteiger partial charge in [0, 0.05) is 0 Å². The predicted molar refractivity (Wildman–Crippen MR) is 102 cm³/mol. The molecule has 2 aromatic heterocycles. The van der Waals surface area contributed by atoms with Crippen LogP contribution in [0.3, 0.4) is 0 Å². The van der Waals surface area contributed by atoms with Gasteiger partial charge in [0.15, 0.2) is 12.4 Å². The van der Waals surface area contributed by atoms with Crippen LogP contribution in [0.4, 0.5) is 0 Å². The van der Waals surface area contributed by atoms with E-state index >= 15 is 0 Å². The van der Waals surface area contributed by atoms with E-state index in [1.165, 1.54) is 6.26 Å². The topological polar surface area (TPSA) is 78.9 Å². The lowest BCUT2D eigenvalue weighted by Crippen LogP contribution is -2.18. The Morgan fingerprint density at radius 3 is 2.50 bits per heavy atom. The van der Waals surface area contributed by atoms with Crippen molar-refractivity contribution in [2.75, 3.05) is 6.61 Å². The molecular weight excluding hydrogens is 360 g/mol. The van der Waals surface area contributed by atoms with Crippen molar-refractivity contribution in [3.63, 3.8) is 0 Å². The van der Waals surface area contributed by atoms with Gasteiger partial charge in [0.25, 0.3) is 0 Å². The highest BCUT2D eigenvalue weighted by Crippen LogP contribution is 2.31. The molecule has 28 heavy (non-hydrogen) atoms. The van der Waals surface area contributed by atoms with Gasteiger partial charge >= 0.3 is 5.97 Å². The fourth-order valence-corrected chi connectivity index (χ4v) is 2.74. The van der Waals surface area contributed by atoms with Crippen molar-refractivity contribution in [2.45, 2.75) is 6.61 Å². The summed E-state index contributed by atoms with van der Waals surface area (Å²) in [5.41, 5.74) is 0.874. The molecule has 4 rings (SSSR count). The Balaban J connectivity index is 1.57. The summed E-state index contributed by atoms with van der Waals surface area (Å²) in [4.78, 5) is 24.9. The van der Waals surface area contributed by atoms with Gasteiger partial charge in [0.1, 0.15) is 12.2 Å². The zero-order valence-corrected chi connectivity index (χ0v) is 14.8. The first-order chi connectivity index (χ1) is 13.7. The largest absolute Gasteiger partial charge is 0.474 e. The van der Waals surface area contributed by atoms with E-state index in [1.54, 1.807) is 36.4 Å². The molecule has 0 amide bonds. The number of hydrogen-bond acceptors (Lipinski definition) is 6. The maximum absolute atomic E-state index is 12.9. The first-order valence-electron chi connectivity index (χ1n) is 8.64. The lowest BCUT2D eigenvalue weighted by atomic mass is 10.2. The number of furan rings is 1. The van der Waals surface area contributed by atoms with Crippen molar-refractivity contribution in [3.8, 4) is 17.3 Å². The maximum atomic E-state index is 12.9. The SMILES string of the molecule is O=C(COc1c(-c2ccco2)oc2ccccc2c1=O)OCc1ccccc1. The Labute approximate surface area is 159 Å². The molecule has 2 aromatic carbocycles. The molecule has 0 atom stereocenters. The van der Waals surface area contributed by atoms with E-state index in [1.807, 2.05) is 30.3 Å². The number of carbonyl (C=O) groups is 1. The first kappa shape index (κ1) is 17.6. The quantitative estimate of drug-likeness (QED) is 0.470. The lowest BCUT2D eigenvalue weighted by Gasteiger charge is -2.10. The normalized spacial score (nSPS) is 10.7. The Morgan fingerprint density at radius 2 is 1.71 bits per heavy atom. The van der Waals surface area contributed by atoms with Gasteiger partial charge in [-0.3, -0.25) is 4.79 Å². The van der Waals surface area contributed by atoms with Crippen LogP contribution in [0.5, 0.6) is 5.75 Å². The Morgan fingerprint density at radius 1 is 0.929 bits per heavy atom. The third-order valence-corrected chi connectivity index (χ3v) is 4.08. The van der Waals surface area contributed by atoms with E-state index < -0.39 is 12.6 Å². The summed E-state index contributed by atoms with van der Waals surface area (Å²) < 4.78 is 21.9. The molecule has 6 nitrogen and oxygen atoms in total. The molecule has 0 saturated heterocycles. The van der Waals surface area contributed by atoms with Crippen LogP contribution in [0.15, 0.2) is 86.6 Å². The zero-order valence-electron chi connectivity index (χ0n) is 14.8. The van der Waals surface area contributed by atoms with E-state index in [0.717, 1.165) is 5.56 Å². The highest BCUT2D eigenvalue weighted by Gasteiger charge is 2.20. The Bertz CT molecular complexity index is 1140. The average molecular weight is 376 g/mol.